The molecule has 0 bridgehead atoms. The Morgan fingerprint density at radius 3 is 2.10 bits per heavy atom. The number of hydrazone groups is 1. The molecule has 6 nitrogen and oxygen atoms in total. The maximum Gasteiger partial charge on any atom is 0.255 e. The second kappa shape index (κ2) is 9.52. The smallest absolute Gasteiger partial charge is 0.255 e. The van der Waals surface area contributed by atoms with Crippen LogP contribution in [-0.2, 0) is 11.2 Å². The van der Waals surface area contributed by atoms with Crippen molar-refractivity contribution < 1.29 is 14.7 Å². The normalized spacial score (nSPS) is 11.1. The van der Waals surface area contributed by atoms with Crippen LogP contribution in [0.1, 0.15) is 34.0 Å². The number of nitrogens with one attached hydrogen (secondary N) is 2. The molecule has 0 aromatic heterocycles. The highest BCUT2D eigenvalue weighted by atomic mass is 16.3. The van der Waals surface area contributed by atoms with Gasteiger partial charge in [-0.1, -0.05) is 42.0 Å². The van der Waals surface area contributed by atoms with Crippen molar-refractivity contribution in [2.45, 2.75) is 20.3 Å². The van der Waals surface area contributed by atoms with Gasteiger partial charge >= 0.3 is 0 Å². The van der Waals surface area contributed by atoms with Crippen molar-refractivity contribution in [3.8, 4) is 5.75 Å². The molecule has 0 saturated carbocycles. The molecule has 152 valence electrons. The highest BCUT2D eigenvalue weighted by Gasteiger charge is 2.07. The lowest BCUT2D eigenvalue weighted by atomic mass is 10.1. The summed E-state index contributed by atoms with van der Waals surface area (Å²) < 4.78 is 0. The molecule has 0 aliphatic heterocycles. The molecule has 30 heavy (non-hydrogen) atoms. The minimum Gasteiger partial charge on any atom is -0.508 e. The molecule has 6 heteroatoms. The summed E-state index contributed by atoms with van der Waals surface area (Å²) in [5.74, 6) is -0.261. The van der Waals surface area contributed by atoms with E-state index >= 15 is 0 Å². The van der Waals surface area contributed by atoms with Gasteiger partial charge in [0.2, 0.25) is 5.91 Å². The summed E-state index contributed by atoms with van der Waals surface area (Å²) in [4.78, 5) is 24.3. The number of nitrogens with zero attached hydrogens (tertiary/aromatic N) is 1. The molecule has 0 heterocycles. The van der Waals surface area contributed by atoms with Gasteiger partial charge in [0, 0.05) is 11.3 Å². The number of aryl methyl sites for hydroxylation is 1. The van der Waals surface area contributed by atoms with Crippen molar-refractivity contribution in [3.63, 3.8) is 0 Å². The fraction of sp³-hybridized carbons (Fsp3) is 0.125. The molecule has 3 N–H and O–H groups in total. The van der Waals surface area contributed by atoms with Crippen molar-refractivity contribution in [1.29, 1.82) is 0 Å². The lowest BCUT2D eigenvalue weighted by Crippen LogP contribution is -2.21. The molecule has 0 radical (unpaired) electrons. The van der Waals surface area contributed by atoms with Gasteiger partial charge in [-0.05, 0) is 61.4 Å². The van der Waals surface area contributed by atoms with E-state index in [0.29, 0.717) is 17.0 Å². The zero-order valence-electron chi connectivity index (χ0n) is 16.8. The minimum atomic E-state index is -0.248. The fourth-order valence-corrected chi connectivity index (χ4v) is 2.75. The van der Waals surface area contributed by atoms with Gasteiger partial charge in [-0.3, -0.25) is 9.59 Å². The van der Waals surface area contributed by atoms with Gasteiger partial charge in [0.05, 0.1) is 12.1 Å². The second-order valence-corrected chi connectivity index (χ2v) is 6.97. The summed E-state index contributed by atoms with van der Waals surface area (Å²) in [7, 11) is 0. The van der Waals surface area contributed by atoms with E-state index in [9.17, 15) is 14.7 Å². The van der Waals surface area contributed by atoms with Crippen LogP contribution in [-0.4, -0.2) is 22.6 Å². The average molecular weight is 401 g/mol. The Bertz CT molecular complexity index is 1050. The Balaban J connectivity index is 1.56. The lowest BCUT2D eigenvalue weighted by Gasteiger charge is -2.07. The van der Waals surface area contributed by atoms with E-state index in [1.807, 2.05) is 31.2 Å². The van der Waals surface area contributed by atoms with Crippen LogP contribution in [0.5, 0.6) is 5.75 Å². The van der Waals surface area contributed by atoms with Gasteiger partial charge in [-0.15, -0.1) is 0 Å². The van der Waals surface area contributed by atoms with Crippen LogP contribution in [0.25, 0.3) is 0 Å². The minimum absolute atomic E-state index is 0.159. The Kier molecular flexibility index (Phi) is 6.60. The number of phenols is 1. The van der Waals surface area contributed by atoms with Gasteiger partial charge in [0.15, 0.2) is 0 Å². The molecule has 2 amide bonds. The Morgan fingerprint density at radius 2 is 1.47 bits per heavy atom. The first-order chi connectivity index (χ1) is 14.4. The maximum absolute atomic E-state index is 12.3. The van der Waals surface area contributed by atoms with Crippen LogP contribution >= 0.6 is 0 Å². The summed E-state index contributed by atoms with van der Waals surface area (Å²) in [6.45, 7) is 3.76. The van der Waals surface area contributed by atoms with E-state index < -0.39 is 0 Å². The number of hydrogen-bond acceptors (Lipinski definition) is 4. The summed E-state index contributed by atoms with van der Waals surface area (Å²) in [5.41, 5.74) is 7.16. The quantitative estimate of drug-likeness (QED) is 0.430. The highest BCUT2D eigenvalue weighted by Crippen LogP contribution is 2.13. The number of anilines is 1. The first-order valence-electron chi connectivity index (χ1n) is 9.50. The molecule has 0 saturated heterocycles. The fourth-order valence-electron chi connectivity index (χ4n) is 2.75. The first-order valence-corrected chi connectivity index (χ1v) is 9.50. The standard InChI is InChI=1S/C24H23N3O3/c1-16-3-7-20(8-4-16)24(30)25-21-11-9-19(10-12-21)17(2)26-27-23(29)15-18-5-13-22(28)14-6-18/h3-14,28H,15H2,1-2H3,(H,25,30)(H,27,29). The molecule has 3 aromatic rings. The van der Waals surface area contributed by atoms with Crippen molar-refractivity contribution in [3.05, 3.63) is 95.1 Å². The van der Waals surface area contributed by atoms with Crippen LogP contribution < -0.4 is 10.7 Å². The Labute approximate surface area is 175 Å². The van der Waals surface area contributed by atoms with E-state index in [2.05, 4.69) is 15.8 Å². The number of aromatic hydroxyl groups is 1. The molecule has 0 unspecified atom stereocenters. The molecule has 3 rings (SSSR count). The van der Waals surface area contributed by atoms with Crippen LogP contribution in [0.2, 0.25) is 0 Å². The van der Waals surface area contributed by atoms with E-state index in [0.717, 1.165) is 16.7 Å². The number of carbonyl (C=O) groups is 2. The molecule has 0 aliphatic carbocycles. The van der Waals surface area contributed by atoms with Crippen molar-refractivity contribution in [2.75, 3.05) is 5.32 Å². The molecule has 0 aliphatic rings. The monoisotopic (exact) mass is 401 g/mol. The van der Waals surface area contributed by atoms with E-state index in [-0.39, 0.29) is 24.0 Å². The van der Waals surface area contributed by atoms with Gasteiger partial charge < -0.3 is 10.4 Å². The third kappa shape index (κ3) is 5.78. The van der Waals surface area contributed by atoms with Crippen molar-refractivity contribution in [2.24, 2.45) is 5.10 Å². The third-order valence-electron chi connectivity index (χ3n) is 4.52. The van der Waals surface area contributed by atoms with Gasteiger partial charge in [-0.25, -0.2) is 5.43 Å². The van der Waals surface area contributed by atoms with E-state index in [1.165, 1.54) is 12.1 Å². The number of amides is 2. The summed E-state index contributed by atoms with van der Waals surface area (Å²) in [6, 6.07) is 21.1. The predicted octanol–water partition coefficient (Wildman–Crippen LogP) is 4.04. The largest absolute Gasteiger partial charge is 0.508 e. The number of rotatable bonds is 6. The molecular formula is C24H23N3O3. The number of carbonyl (C=O) groups excluding carboxylic acids is 2. The summed E-state index contributed by atoms with van der Waals surface area (Å²) in [5, 5.41) is 16.3. The Morgan fingerprint density at radius 1 is 0.867 bits per heavy atom. The number of benzene rings is 3. The van der Waals surface area contributed by atoms with E-state index in [1.54, 1.807) is 43.3 Å². The second-order valence-electron chi connectivity index (χ2n) is 6.97. The number of hydrogen-bond donors (Lipinski definition) is 3. The summed E-state index contributed by atoms with van der Waals surface area (Å²) in [6.07, 6.45) is 0.168. The average Bonchev–Trinajstić information content (AvgIpc) is 2.74. The van der Waals surface area contributed by atoms with Gasteiger partial charge in [0.25, 0.3) is 5.91 Å². The maximum atomic E-state index is 12.3. The van der Waals surface area contributed by atoms with Crippen molar-refractivity contribution >= 4 is 23.2 Å². The SMILES string of the molecule is CC(=NNC(=O)Cc1ccc(O)cc1)c1ccc(NC(=O)c2ccc(C)cc2)cc1. The zero-order valence-corrected chi connectivity index (χ0v) is 16.8. The first kappa shape index (κ1) is 20.8. The van der Waals surface area contributed by atoms with Crippen LogP contribution in [0.15, 0.2) is 77.9 Å². The topological polar surface area (TPSA) is 90.8 Å². The van der Waals surface area contributed by atoms with Crippen LogP contribution in [0.3, 0.4) is 0 Å². The molecule has 0 atom stereocenters. The zero-order chi connectivity index (χ0) is 21.5. The lowest BCUT2D eigenvalue weighted by molar-refractivity contribution is -0.120. The highest BCUT2D eigenvalue weighted by molar-refractivity contribution is 6.05. The molecule has 0 fully saturated rings. The van der Waals surface area contributed by atoms with E-state index in [4.69, 9.17) is 0 Å². The third-order valence-corrected chi connectivity index (χ3v) is 4.52. The van der Waals surface area contributed by atoms with Gasteiger partial charge in [0.1, 0.15) is 5.75 Å². The van der Waals surface area contributed by atoms with Gasteiger partial charge in [-0.2, -0.15) is 5.10 Å². The molecule has 3 aromatic carbocycles. The molecular weight excluding hydrogens is 378 g/mol. The number of phenolic OH excluding ortho intramolecular Hbond substituents is 1. The van der Waals surface area contributed by atoms with Crippen LogP contribution in [0, 0.1) is 6.92 Å². The Hall–Kier alpha value is -3.93. The predicted molar refractivity (Wildman–Crippen MR) is 118 cm³/mol. The van der Waals surface area contributed by atoms with Crippen molar-refractivity contribution in [1.82, 2.24) is 5.43 Å². The van der Waals surface area contributed by atoms with Crippen LogP contribution in [0.4, 0.5) is 5.69 Å². The summed E-state index contributed by atoms with van der Waals surface area (Å²) >= 11 is 0. The molecule has 0 spiro atoms.